The Morgan fingerprint density at radius 2 is 0.853 bits per heavy atom. The highest BCUT2D eigenvalue weighted by atomic mass is 16.5. The van der Waals surface area contributed by atoms with Crippen LogP contribution in [0.5, 0.6) is 0 Å². The number of esters is 2. The summed E-state index contributed by atoms with van der Waals surface area (Å²) >= 11 is 0. The van der Waals surface area contributed by atoms with Crippen molar-refractivity contribution in [2.24, 2.45) is 0 Å². The van der Waals surface area contributed by atoms with E-state index in [1.54, 1.807) is 24.3 Å². The molecule has 4 aromatic rings. The van der Waals surface area contributed by atoms with Gasteiger partial charge in [-0.2, -0.15) is 0 Å². The van der Waals surface area contributed by atoms with Crippen LogP contribution in [0.25, 0.3) is 35.1 Å². The molecule has 4 aromatic carbocycles. The molecule has 0 aliphatic carbocycles. The van der Waals surface area contributed by atoms with Crippen molar-refractivity contribution < 1.29 is 19.1 Å². The van der Waals surface area contributed by atoms with Gasteiger partial charge in [0, 0.05) is 0 Å². The van der Waals surface area contributed by atoms with Crippen LogP contribution in [-0.2, 0) is 9.47 Å². The van der Waals surface area contributed by atoms with Crippen molar-refractivity contribution in [3.63, 3.8) is 0 Å². The van der Waals surface area contributed by atoms with Crippen molar-refractivity contribution in [1.82, 2.24) is 0 Å². The minimum Gasteiger partial charge on any atom is -0.465 e. The first-order valence-corrected chi connectivity index (χ1v) is 10.8. The third kappa shape index (κ3) is 5.48. The average molecular weight is 449 g/mol. The van der Waals surface area contributed by atoms with Crippen LogP contribution in [0.1, 0.15) is 43.0 Å². The Hall–Kier alpha value is -4.44. The number of ether oxygens (including phenoxy) is 2. The molecule has 0 N–H and O–H groups in total. The summed E-state index contributed by atoms with van der Waals surface area (Å²) in [6, 6.07) is 27.3. The van der Waals surface area contributed by atoms with E-state index in [1.165, 1.54) is 19.6 Å². The quantitative estimate of drug-likeness (QED) is 0.242. The van der Waals surface area contributed by atoms with E-state index < -0.39 is 0 Å². The van der Waals surface area contributed by atoms with E-state index in [9.17, 15) is 9.59 Å². The van der Waals surface area contributed by atoms with Gasteiger partial charge in [0.05, 0.1) is 25.3 Å². The van der Waals surface area contributed by atoms with E-state index in [4.69, 9.17) is 9.47 Å². The van der Waals surface area contributed by atoms with E-state index in [-0.39, 0.29) is 11.9 Å². The van der Waals surface area contributed by atoms with Gasteiger partial charge in [-0.15, -0.1) is 0 Å². The van der Waals surface area contributed by atoms with Crippen molar-refractivity contribution in [2.75, 3.05) is 14.2 Å². The molecule has 0 radical (unpaired) electrons. The molecule has 0 heterocycles. The maximum absolute atomic E-state index is 11.6. The average Bonchev–Trinajstić information content (AvgIpc) is 2.90. The Balaban J connectivity index is 1.50. The minimum absolute atomic E-state index is 0.340. The number of methoxy groups -OCH3 is 2. The number of hydrogen-bond acceptors (Lipinski definition) is 4. The molecular weight excluding hydrogens is 424 g/mol. The molecule has 0 saturated carbocycles. The standard InChI is InChI=1S/C30H24O4/c1-33-29(31)26-15-7-21(8-16-26)3-5-23-11-13-25-14-12-24(20-28(25)19-23)6-4-22-9-17-27(18-10-22)30(32)34-2/h3-20H,1-2H3/b5-3+,6-4+. The van der Waals surface area contributed by atoms with Crippen LogP contribution in [0.2, 0.25) is 0 Å². The summed E-state index contributed by atoms with van der Waals surface area (Å²) in [5, 5.41) is 2.31. The number of hydrogen-bond donors (Lipinski definition) is 0. The normalized spacial score (nSPS) is 11.2. The van der Waals surface area contributed by atoms with Gasteiger partial charge < -0.3 is 9.47 Å². The number of carbonyl (C=O) groups excluding carboxylic acids is 2. The molecule has 4 rings (SSSR count). The van der Waals surface area contributed by atoms with Gasteiger partial charge in [-0.05, 0) is 69.4 Å². The van der Waals surface area contributed by atoms with Crippen LogP contribution in [0.15, 0.2) is 84.9 Å². The van der Waals surface area contributed by atoms with Crippen LogP contribution in [0.4, 0.5) is 0 Å². The number of fused-ring (bicyclic) bond motifs is 1. The zero-order valence-electron chi connectivity index (χ0n) is 19.0. The van der Waals surface area contributed by atoms with Crippen LogP contribution < -0.4 is 0 Å². The molecule has 4 nitrogen and oxygen atoms in total. The van der Waals surface area contributed by atoms with Gasteiger partial charge in [-0.25, -0.2) is 9.59 Å². The molecule has 0 saturated heterocycles. The molecule has 0 bridgehead atoms. The van der Waals surface area contributed by atoms with E-state index in [0.29, 0.717) is 11.1 Å². The summed E-state index contributed by atoms with van der Waals surface area (Å²) in [6.07, 6.45) is 8.14. The molecule has 0 atom stereocenters. The summed E-state index contributed by atoms with van der Waals surface area (Å²) in [5.74, 6) is -0.679. The predicted molar refractivity (Wildman–Crippen MR) is 137 cm³/mol. The van der Waals surface area contributed by atoms with Crippen LogP contribution >= 0.6 is 0 Å². The highest BCUT2D eigenvalue weighted by Gasteiger charge is 2.04. The molecule has 4 heteroatoms. The minimum atomic E-state index is -0.340. The van der Waals surface area contributed by atoms with Gasteiger partial charge in [0.25, 0.3) is 0 Å². The topological polar surface area (TPSA) is 52.6 Å². The van der Waals surface area contributed by atoms with Gasteiger partial charge in [0.2, 0.25) is 0 Å². The second-order valence-electron chi connectivity index (χ2n) is 7.76. The molecule has 168 valence electrons. The zero-order chi connectivity index (χ0) is 23.9. The molecule has 0 amide bonds. The summed E-state index contributed by atoms with van der Waals surface area (Å²) in [7, 11) is 2.75. The molecule has 0 unspecified atom stereocenters. The van der Waals surface area contributed by atoms with Crippen molar-refractivity contribution in [3.8, 4) is 0 Å². The highest BCUT2D eigenvalue weighted by molar-refractivity contribution is 5.91. The molecule has 0 aliphatic heterocycles. The van der Waals surface area contributed by atoms with Gasteiger partial charge in [0.1, 0.15) is 0 Å². The monoisotopic (exact) mass is 448 g/mol. The Morgan fingerprint density at radius 3 is 1.24 bits per heavy atom. The zero-order valence-corrected chi connectivity index (χ0v) is 19.0. The lowest BCUT2D eigenvalue weighted by molar-refractivity contribution is 0.0592. The maximum Gasteiger partial charge on any atom is 0.337 e. The second-order valence-corrected chi connectivity index (χ2v) is 7.76. The molecule has 0 spiro atoms. The maximum atomic E-state index is 11.6. The fraction of sp³-hybridized carbons (Fsp3) is 0.0667. The fourth-order valence-corrected chi connectivity index (χ4v) is 3.57. The van der Waals surface area contributed by atoms with Crippen molar-refractivity contribution in [1.29, 1.82) is 0 Å². The first-order valence-electron chi connectivity index (χ1n) is 10.8. The van der Waals surface area contributed by atoms with Gasteiger partial charge in [-0.1, -0.05) is 72.8 Å². The van der Waals surface area contributed by atoms with Crippen LogP contribution in [-0.4, -0.2) is 26.2 Å². The van der Waals surface area contributed by atoms with Crippen molar-refractivity contribution >= 4 is 47.0 Å². The van der Waals surface area contributed by atoms with Gasteiger partial charge >= 0.3 is 11.9 Å². The number of carbonyl (C=O) groups is 2. The molecule has 34 heavy (non-hydrogen) atoms. The largest absolute Gasteiger partial charge is 0.465 e. The Bertz CT molecular complexity index is 1270. The number of benzene rings is 4. The van der Waals surface area contributed by atoms with Gasteiger partial charge in [0.15, 0.2) is 0 Å². The molecule has 0 aliphatic rings. The first-order chi connectivity index (χ1) is 16.6. The Morgan fingerprint density at radius 1 is 0.500 bits per heavy atom. The summed E-state index contributed by atoms with van der Waals surface area (Å²) < 4.78 is 9.47. The van der Waals surface area contributed by atoms with Gasteiger partial charge in [-0.3, -0.25) is 0 Å². The lowest BCUT2D eigenvalue weighted by Crippen LogP contribution is -2.00. The molecular formula is C30H24O4. The first kappa shape index (κ1) is 22.7. The van der Waals surface area contributed by atoms with E-state index in [1.807, 2.05) is 36.4 Å². The van der Waals surface area contributed by atoms with E-state index >= 15 is 0 Å². The fourth-order valence-electron chi connectivity index (χ4n) is 3.57. The smallest absolute Gasteiger partial charge is 0.337 e. The van der Waals surface area contributed by atoms with E-state index in [0.717, 1.165) is 27.6 Å². The van der Waals surface area contributed by atoms with Crippen molar-refractivity contribution in [2.45, 2.75) is 0 Å². The predicted octanol–water partition coefficient (Wildman–Crippen LogP) is 6.75. The van der Waals surface area contributed by atoms with Crippen LogP contribution in [0.3, 0.4) is 0 Å². The lowest BCUT2D eigenvalue weighted by atomic mass is 10.0. The third-order valence-electron chi connectivity index (χ3n) is 5.49. The second kappa shape index (κ2) is 10.5. The summed E-state index contributed by atoms with van der Waals surface area (Å²) in [5.41, 5.74) is 5.24. The summed E-state index contributed by atoms with van der Waals surface area (Å²) in [4.78, 5) is 23.1. The molecule has 0 fully saturated rings. The summed E-state index contributed by atoms with van der Waals surface area (Å²) in [6.45, 7) is 0. The Labute approximate surface area is 198 Å². The van der Waals surface area contributed by atoms with E-state index in [2.05, 4.69) is 48.6 Å². The molecule has 0 aromatic heterocycles. The van der Waals surface area contributed by atoms with Crippen molar-refractivity contribution in [3.05, 3.63) is 118 Å². The number of rotatable bonds is 6. The van der Waals surface area contributed by atoms with Crippen LogP contribution in [0, 0.1) is 0 Å². The highest BCUT2D eigenvalue weighted by Crippen LogP contribution is 2.21. The Kier molecular flexibility index (Phi) is 6.99. The third-order valence-corrected chi connectivity index (χ3v) is 5.49. The lowest BCUT2D eigenvalue weighted by Gasteiger charge is -2.03. The SMILES string of the molecule is COC(=O)c1ccc(/C=C/c2ccc3ccc(/C=C/c4ccc(C(=O)OC)cc4)cc3c2)cc1.